The molecule has 2 aromatic rings. The maximum atomic E-state index is 13.3. The van der Waals surface area contributed by atoms with Gasteiger partial charge in [0.1, 0.15) is 0 Å². The number of unbranched alkanes of at least 4 members (excludes halogenated alkanes) is 1. The van der Waals surface area contributed by atoms with E-state index in [1.54, 1.807) is 18.2 Å². The van der Waals surface area contributed by atoms with E-state index in [1.807, 2.05) is 37.3 Å². The third kappa shape index (κ3) is 3.63. The number of nitrogen functional groups attached to an aromatic ring is 1. The first-order valence-electron chi connectivity index (χ1n) is 9.70. The predicted molar refractivity (Wildman–Crippen MR) is 109 cm³/mol. The van der Waals surface area contributed by atoms with E-state index < -0.39 is 27.3 Å². The van der Waals surface area contributed by atoms with Gasteiger partial charge in [0.15, 0.2) is 9.84 Å². The standard InChI is InChI=1S/C22H29NO3S/c1-3-5-13-22(4-2)15-27(25,26)19-12-11-17(23)14-18(19)20(21(22)24)16-9-7-6-8-10-16/h6-12,14,20-21,24H,3-5,13,15,23H2,1-2H3/t20-,21?,22-/m1/s1. The van der Waals surface area contributed by atoms with Gasteiger partial charge >= 0.3 is 0 Å². The maximum Gasteiger partial charge on any atom is 0.179 e. The molecule has 3 atom stereocenters. The number of fused-ring (bicyclic) bond motifs is 1. The minimum absolute atomic E-state index is 0.0298. The second-order valence-electron chi connectivity index (χ2n) is 7.71. The van der Waals surface area contributed by atoms with Crippen molar-refractivity contribution in [3.63, 3.8) is 0 Å². The molecular formula is C22H29NO3S. The average molecular weight is 388 g/mol. The molecule has 146 valence electrons. The van der Waals surface area contributed by atoms with Crippen LogP contribution in [0.4, 0.5) is 5.69 Å². The molecule has 0 spiro atoms. The molecule has 0 amide bonds. The van der Waals surface area contributed by atoms with Crippen molar-refractivity contribution in [3.8, 4) is 0 Å². The van der Waals surface area contributed by atoms with Gasteiger partial charge in [-0.1, -0.05) is 57.0 Å². The monoisotopic (exact) mass is 387 g/mol. The van der Waals surface area contributed by atoms with Crippen molar-refractivity contribution >= 4 is 15.5 Å². The molecule has 0 aliphatic carbocycles. The van der Waals surface area contributed by atoms with E-state index in [0.29, 0.717) is 29.0 Å². The number of aliphatic hydroxyl groups is 1. The lowest BCUT2D eigenvalue weighted by Crippen LogP contribution is -2.42. The van der Waals surface area contributed by atoms with Gasteiger partial charge in [0.2, 0.25) is 0 Å². The summed E-state index contributed by atoms with van der Waals surface area (Å²) in [6, 6.07) is 14.6. The van der Waals surface area contributed by atoms with Gasteiger partial charge in [-0.25, -0.2) is 8.42 Å². The first-order chi connectivity index (χ1) is 12.8. The number of hydrogen-bond donors (Lipinski definition) is 2. The normalized spacial score (nSPS) is 26.9. The quantitative estimate of drug-likeness (QED) is 0.756. The van der Waals surface area contributed by atoms with Crippen molar-refractivity contribution in [2.75, 3.05) is 11.5 Å². The zero-order valence-electron chi connectivity index (χ0n) is 16.1. The molecule has 27 heavy (non-hydrogen) atoms. The summed E-state index contributed by atoms with van der Waals surface area (Å²) in [7, 11) is -3.53. The number of aliphatic hydroxyl groups excluding tert-OH is 1. The Labute approximate surface area is 162 Å². The molecule has 0 fully saturated rings. The van der Waals surface area contributed by atoms with E-state index in [4.69, 9.17) is 5.73 Å². The molecule has 0 saturated carbocycles. The van der Waals surface area contributed by atoms with Gasteiger partial charge in [-0.15, -0.1) is 0 Å². The van der Waals surface area contributed by atoms with Crippen LogP contribution in [0.15, 0.2) is 53.4 Å². The summed E-state index contributed by atoms with van der Waals surface area (Å²) in [6.45, 7) is 4.08. The molecule has 3 N–H and O–H groups in total. The van der Waals surface area contributed by atoms with Crippen LogP contribution in [0.1, 0.15) is 56.6 Å². The average Bonchev–Trinajstić information content (AvgIpc) is 2.72. The Hall–Kier alpha value is -1.85. The van der Waals surface area contributed by atoms with Crippen LogP contribution < -0.4 is 5.73 Å². The van der Waals surface area contributed by atoms with Crippen LogP contribution in [-0.4, -0.2) is 25.4 Å². The summed E-state index contributed by atoms with van der Waals surface area (Å²) in [4.78, 5) is 0.302. The SMILES string of the molecule is CCCC[C@]1(CC)CS(=O)(=O)c2ccc(N)cc2[C@@H](c2ccccc2)C1O. The highest BCUT2D eigenvalue weighted by molar-refractivity contribution is 7.91. The minimum atomic E-state index is -3.53. The zero-order valence-corrected chi connectivity index (χ0v) is 16.9. The van der Waals surface area contributed by atoms with Crippen LogP contribution in [0.25, 0.3) is 0 Å². The Bertz CT molecular complexity index is 895. The molecule has 2 aromatic carbocycles. The van der Waals surface area contributed by atoms with Crippen molar-refractivity contribution in [1.82, 2.24) is 0 Å². The molecule has 1 aliphatic rings. The molecule has 5 heteroatoms. The molecule has 0 radical (unpaired) electrons. The fourth-order valence-electron chi connectivity index (χ4n) is 4.42. The number of anilines is 1. The summed E-state index contributed by atoms with van der Waals surface area (Å²) in [6.07, 6.45) is 2.35. The fraction of sp³-hybridized carbons (Fsp3) is 0.455. The highest BCUT2D eigenvalue weighted by atomic mass is 32.2. The van der Waals surface area contributed by atoms with Crippen LogP contribution in [0.5, 0.6) is 0 Å². The maximum absolute atomic E-state index is 13.3. The molecule has 1 unspecified atom stereocenters. The number of sulfone groups is 1. The predicted octanol–water partition coefficient (Wildman–Crippen LogP) is 4.14. The fourth-order valence-corrected chi connectivity index (χ4v) is 6.67. The van der Waals surface area contributed by atoms with Gasteiger partial charge in [0.25, 0.3) is 0 Å². The van der Waals surface area contributed by atoms with E-state index in [1.165, 1.54) is 0 Å². The Morgan fingerprint density at radius 3 is 2.48 bits per heavy atom. The molecule has 1 aliphatic heterocycles. The Morgan fingerprint density at radius 2 is 1.85 bits per heavy atom. The van der Waals surface area contributed by atoms with Gasteiger partial charge < -0.3 is 10.8 Å². The molecule has 4 nitrogen and oxygen atoms in total. The largest absolute Gasteiger partial charge is 0.399 e. The summed E-state index contributed by atoms with van der Waals surface area (Å²) in [5.41, 5.74) is 7.37. The Balaban J connectivity index is 2.28. The van der Waals surface area contributed by atoms with Crippen molar-refractivity contribution in [2.45, 2.75) is 56.4 Å². The number of nitrogens with two attached hydrogens (primary N) is 1. The zero-order chi connectivity index (χ0) is 19.7. The van der Waals surface area contributed by atoms with Crippen molar-refractivity contribution in [2.24, 2.45) is 5.41 Å². The van der Waals surface area contributed by atoms with Gasteiger partial charge in [-0.05, 0) is 42.2 Å². The number of hydrogen-bond acceptors (Lipinski definition) is 4. The second-order valence-corrected chi connectivity index (χ2v) is 9.67. The van der Waals surface area contributed by atoms with Crippen molar-refractivity contribution in [3.05, 3.63) is 59.7 Å². The van der Waals surface area contributed by atoms with E-state index in [9.17, 15) is 13.5 Å². The van der Waals surface area contributed by atoms with Crippen LogP contribution in [0.2, 0.25) is 0 Å². The number of benzene rings is 2. The smallest absolute Gasteiger partial charge is 0.179 e. The Morgan fingerprint density at radius 1 is 1.15 bits per heavy atom. The highest BCUT2D eigenvalue weighted by Gasteiger charge is 2.48. The van der Waals surface area contributed by atoms with Crippen LogP contribution >= 0.6 is 0 Å². The molecule has 3 rings (SSSR count). The highest BCUT2D eigenvalue weighted by Crippen LogP contribution is 2.48. The first kappa shape index (κ1) is 19.9. The summed E-state index contributed by atoms with van der Waals surface area (Å²) < 4.78 is 26.6. The molecule has 0 saturated heterocycles. The third-order valence-electron chi connectivity index (χ3n) is 6.02. The lowest BCUT2D eigenvalue weighted by atomic mass is 9.69. The Kier molecular flexibility index (Phi) is 5.63. The number of rotatable bonds is 5. The van der Waals surface area contributed by atoms with Gasteiger partial charge in [-0.3, -0.25) is 0 Å². The van der Waals surface area contributed by atoms with E-state index in [-0.39, 0.29) is 5.75 Å². The van der Waals surface area contributed by atoms with Crippen molar-refractivity contribution in [1.29, 1.82) is 0 Å². The van der Waals surface area contributed by atoms with Gasteiger partial charge in [0.05, 0.1) is 16.8 Å². The van der Waals surface area contributed by atoms with Crippen LogP contribution in [0.3, 0.4) is 0 Å². The van der Waals surface area contributed by atoms with Crippen LogP contribution in [-0.2, 0) is 9.84 Å². The lowest BCUT2D eigenvalue weighted by Gasteiger charge is -2.39. The first-order valence-corrected chi connectivity index (χ1v) is 11.3. The minimum Gasteiger partial charge on any atom is -0.399 e. The van der Waals surface area contributed by atoms with Crippen LogP contribution in [0, 0.1) is 5.41 Å². The summed E-state index contributed by atoms with van der Waals surface area (Å²) in [5.74, 6) is -0.448. The van der Waals surface area contributed by atoms with Gasteiger partial charge in [0, 0.05) is 17.0 Å². The lowest BCUT2D eigenvalue weighted by molar-refractivity contribution is 0.0174. The van der Waals surface area contributed by atoms with E-state index >= 15 is 0 Å². The van der Waals surface area contributed by atoms with E-state index in [0.717, 1.165) is 18.4 Å². The van der Waals surface area contributed by atoms with E-state index in [2.05, 4.69) is 6.92 Å². The van der Waals surface area contributed by atoms with Crippen molar-refractivity contribution < 1.29 is 13.5 Å². The molecular weight excluding hydrogens is 358 g/mol. The summed E-state index contributed by atoms with van der Waals surface area (Å²) in [5, 5.41) is 11.6. The second kappa shape index (κ2) is 7.64. The molecule has 0 bridgehead atoms. The third-order valence-corrected chi connectivity index (χ3v) is 8.01. The van der Waals surface area contributed by atoms with Gasteiger partial charge in [-0.2, -0.15) is 0 Å². The summed E-state index contributed by atoms with van der Waals surface area (Å²) >= 11 is 0. The molecule has 1 heterocycles. The molecule has 0 aromatic heterocycles. The topological polar surface area (TPSA) is 80.4 Å².